The van der Waals surface area contributed by atoms with Gasteiger partial charge in [-0.2, -0.15) is 13.2 Å². The summed E-state index contributed by atoms with van der Waals surface area (Å²) in [5.74, 6) is -0.346. The Kier molecular flexibility index (Phi) is 7.72. The van der Waals surface area contributed by atoms with Gasteiger partial charge in [0.15, 0.2) is 0 Å². The molecule has 5 rings (SSSR count). The number of nitrogens with zero attached hydrogens (tertiary/aromatic N) is 4. The van der Waals surface area contributed by atoms with E-state index in [4.69, 9.17) is 9.15 Å². The van der Waals surface area contributed by atoms with E-state index in [1.54, 1.807) is 0 Å². The second-order valence-electron chi connectivity index (χ2n) is 9.69. The first kappa shape index (κ1) is 27.2. The van der Waals surface area contributed by atoms with E-state index in [0.717, 1.165) is 34.8 Å². The van der Waals surface area contributed by atoms with Crippen LogP contribution in [0.25, 0.3) is 11.5 Å². The van der Waals surface area contributed by atoms with Crippen molar-refractivity contribution in [3.05, 3.63) is 89.6 Å². The summed E-state index contributed by atoms with van der Waals surface area (Å²) in [6, 6.07) is 17.8. The number of hydrogen-bond acceptors (Lipinski definition) is 7. The maximum atomic E-state index is 13.1. The van der Waals surface area contributed by atoms with Crippen molar-refractivity contribution in [2.24, 2.45) is 11.8 Å². The third kappa shape index (κ3) is 6.24. The summed E-state index contributed by atoms with van der Waals surface area (Å²) in [5.41, 5.74) is 1.51. The molecule has 1 N–H and O–H groups in total. The van der Waals surface area contributed by atoms with Crippen LogP contribution in [0.2, 0.25) is 0 Å². The van der Waals surface area contributed by atoms with E-state index >= 15 is 0 Å². The lowest BCUT2D eigenvalue weighted by Gasteiger charge is -2.17. The fourth-order valence-corrected chi connectivity index (χ4v) is 4.87. The molecular weight excluding hydrogens is 525 g/mol. The molecule has 3 heterocycles. The Morgan fingerprint density at radius 3 is 2.65 bits per heavy atom. The number of aryl methyl sites for hydroxylation is 1. The quantitative estimate of drug-likeness (QED) is 0.292. The summed E-state index contributed by atoms with van der Waals surface area (Å²) in [6.45, 7) is 2.48. The van der Waals surface area contributed by atoms with Gasteiger partial charge in [0, 0.05) is 31.3 Å². The normalized spacial score (nSPS) is 17.2. The van der Waals surface area contributed by atoms with Crippen molar-refractivity contribution < 1.29 is 32.2 Å². The van der Waals surface area contributed by atoms with Crippen LogP contribution >= 0.6 is 0 Å². The minimum atomic E-state index is -4.61. The van der Waals surface area contributed by atoms with E-state index in [0.29, 0.717) is 31.1 Å². The second-order valence-corrected chi connectivity index (χ2v) is 9.69. The van der Waals surface area contributed by atoms with E-state index < -0.39 is 23.8 Å². The van der Waals surface area contributed by atoms with Gasteiger partial charge in [-0.1, -0.05) is 30.3 Å². The molecule has 1 fully saturated rings. The number of halogens is 3. The molecule has 0 saturated carbocycles. The highest BCUT2D eigenvalue weighted by atomic mass is 19.4. The number of rotatable bonds is 9. The number of carboxylic acids is 1. The van der Waals surface area contributed by atoms with Gasteiger partial charge < -0.3 is 19.2 Å². The number of ether oxygens (including phenoxy) is 1. The van der Waals surface area contributed by atoms with Crippen LogP contribution in [0.3, 0.4) is 0 Å². The first-order chi connectivity index (χ1) is 19.2. The third-order valence-electron chi connectivity index (χ3n) is 6.89. The number of alkyl halides is 3. The molecule has 11 heteroatoms. The lowest BCUT2D eigenvalue weighted by molar-refractivity contribution is -0.142. The van der Waals surface area contributed by atoms with E-state index in [2.05, 4.69) is 15.0 Å². The monoisotopic (exact) mass is 552 g/mol. The fourth-order valence-electron chi connectivity index (χ4n) is 4.87. The molecule has 2 atom stereocenters. The smallest absolute Gasteiger partial charge is 0.433 e. The first-order valence-corrected chi connectivity index (χ1v) is 12.8. The van der Waals surface area contributed by atoms with E-state index in [1.165, 1.54) is 4.90 Å². The number of anilines is 1. The van der Waals surface area contributed by atoms with E-state index in [1.807, 2.05) is 61.5 Å². The molecule has 1 aliphatic heterocycles. The van der Waals surface area contributed by atoms with Crippen molar-refractivity contribution in [1.82, 2.24) is 15.0 Å². The summed E-state index contributed by atoms with van der Waals surface area (Å²) in [5, 5.41) is 9.80. The maximum Gasteiger partial charge on any atom is 0.433 e. The lowest BCUT2D eigenvalue weighted by atomic mass is 9.90. The summed E-state index contributed by atoms with van der Waals surface area (Å²) in [6.07, 6.45) is -2.62. The fraction of sp³-hybridized carbons (Fsp3) is 0.310. The van der Waals surface area contributed by atoms with Gasteiger partial charge in [0.1, 0.15) is 17.2 Å². The van der Waals surface area contributed by atoms with Crippen LogP contribution in [-0.4, -0.2) is 45.7 Å². The molecular formula is C29H27F3N4O4. The first-order valence-electron chi connectivity index (χ1n) is 12.8. The number of oxazole rings is 1. The Balaban J connectivity index is 1.22. The zero-order chi connectivity index (χ0) is 28.3. The minimum Gasteiger partial charge on any atom is -0.493 e. The SMILES string of the molecule is Cc1oc(-c2ccccc2)nc1CCOc1cccc(C[C@@H]2CN(c3nccc(C(F)(F)F)n3)C[C@@H]2C(=O)O)c1. The van der Waals surface area contributed by atoms with Crippen LogP contribution in [0.15, 0.2) is 71.3 Å². The van der Waals surface area contributed by atoms with Gasteiger partial charge in [-0.05, 0) is 55.2 Å². The molecule has 2 aromatic heterocycles. The zero-order valence-corrected chi connectivity index (χ0v) is 21.6. The number of benzene rings is 2. The molecule has 1 saturated heterocycles. The molecule has 0 spiro atoms. The Bertz CT molecular complexity index is 1480. The topological polar surface area (TPSA) is 102 Å². The molecule has 0 unspecified atom stereocenters. The van der Waals surface area contributed by atoms with Crippen LogP contribution in [0, 0.1) is 18.8 Å². The van der Waals surface area contributed by atoms with Crippen LogP contribution in [0.4, 0.5) is 19.1 Å². The van der Waals surface area contributed by atoms with Crippen LogP contribution < -0.4 is 9.64 Å². The van der Waals surface area contributed by atoms with Crippen LogP contribution in [0.1, 0.15) is 22.7 Å². The Morgan fingerprint density at radius 1 is 1.10 bits per heavy atom. The van der Waals surface area contributed by atoms with Crippen molar-refractivity contribution in [3.63, 3.8) is 0 Å². The molecule has 1 aliphatic rings. The average Bonchev–Trinajstić information content (AvgIpc) is 3.53. The standard InChI is InChI=1S/C29H27F3N4O4/c1-18-24(34-26(40-18)20-7-3-2-4-8-20)11-13-39-22-9-5-6-19(15-22)14-21-16-36(17-23(21)27(37)38)28-33-12-10-25(35-28)29(30,31)32/h2-10,12,15,21,23H,11,13-14,16-17H2,1H3,(H,37,38)/t21-,23+/m1/s1. The van der Waals surface area contributed by atoms with Gasteiger partial charge in [-0.3, -0.25) is 4.79 Å². The van der Waals surface area contributed by atoms with Crippen LogP contribution in [-0.2, 0) is 23.8 Å². The highest BCUT2D eigenvalue weighted by Crippen LogP contribution is 2.33. The number of hydrogen-bond donors (Lipinski definition) is 1. The molecule has 8 nitrogen and oxygen atoms in total. The van der Waals surface area contributed by atoms with Gasteiger partial charge in [0.25, 0.3) is 0 Å². The van der Waals surface area contributed by atoms with Crippen LogP contribution in [0.5, 0.6) is 5.75 Å². The predicted molar refractivity (Wildman–Crippen MR) is 140 cm³/mol. The van der Waals surface area contributed by atoms with Crippen molar-refractivity contribution >= 4 is 11.9 Å². The zero-order valence-electron chi connectivity index (χ0n) is 21.6. The highest BCUT2D eigenvalue weighted by Gasteiger charge is 2.40. The largest absolute Gasteiger partial charge is 0.493 e. The highest BCUT2D eigenvalue weighted by molar-refractivity contribution is 5.72. The third-order valence-corrected chi connectivity index (χ3v) is 6.89. The summed E-state index contributed by atoms with van der Waals surface area (Å²) in [4.78, 5) is 25.7. The van der Waals surface area contributed by atoms with Crippen molar-refractivity contribution in [2.75, 3.05) is 24.6 Å². The Morgan fingerprint density at radius 2 is 1.90 bits per heavy atom. The minimum absolute atomic E-state index is 0.0273. The van der Waals surface area contributed by atoms with Gasteiger partial charge in [0.2, 0.25) is 11.8 Å². The average molecular weight is 553 g/mol. The number of aromatic nitrogens is 3. The molecule has 0 bridgehead atoms. The van der Waals surface area contributed by atoms with Gasteiger partial charge in [-0.25, -0.2) is 15.0 Å². The van der Waals surface area contributed by atoms with Gasteiger partial charge in [-0.15, -0.1) is 0 Å². The molecule has 208 valence electrons. The number of aliphatic carboxylic acids is 1. The lowest BCUT2D eigenvalue weighted by Crippen LogP contribution is -2.25. The van der Waals surface area contributed by atoms with E-state index in [-0.39, 0.29) is 25.0 Å². The molecule has 40 heavy (non-hydrogen) atoms. The van der Waals surface area contributed by atoms with Crippen molar-refractivity contribution in [1.29, 1.82) is 0 Å². The Labute approximate surface area is 228 Å². The summed E-state index contributed by atoms with van der Waals surface area (Å²) >= 11 is 0. The number of carboxylic acid groups (broad SMARTS) is 1. The summed E-state index contributed by atoms with van der Waals surface area (Å²) < 4.78 is 51.1. The van der Waals surface area contributed by atoms with Crippen molar-refractivity contribution in [3.8, 4) is 17.2 Å². The maximum absolute atomic E-state index is 13.1. The number of carbonyl (C=O) groups is 1. The molecule has 0 aliphatic carbocycles. The Hall–Kier alpha value is -4.41. The molecule has 4 aromatic rings. The van der Waals surface area contributed by atoms with Gasteiger partial charge >= 0.3 is 12.1 Å². The molecule has 2 aromatic carbocycles. The van der Waals surface area contributed by atoms with Crippen molar-refractivity contribution in [2.45, 2.75) is 25.9 Å². The summed E-state index contributed by atoms with van der Waals surface area (Å²) in [7, 11) is 0. The second kappa shape index (κ2) is 11.4. The van der Waals surface area contributed by atoms with E-state index in [9.17, 15) is 23.1 Å². The molecule has 0 amide bonds. The molecule has 0 radical (unpaired) electrons. The predicted octanol–water partition coefficient (Wildman–Crippen LogP) is 5.46. The van der Waals surface area contributed by atoms with Gasteiger partial charge in [0.05, 0.1) is 18.2 Å².